The van der Waals surface area contributed by atoms with Crippen LogP contribution < -0.4 is 10.6 Å². The molecule has 0 radical (unpaired) electrons. The molecule has 0 spiro atoms. The quantitative estimate of drug-likeness (QED) is 0.292. The van der Waals surface area contributed by atoms with Gasteiger partial charge in [-0.05, 0) is 43.9 Å². The summed E-state index contributed by atoms with van der Waals surface area (Å²) in [7, 11) is 1.73. The van der Waals surface area contributed by atoms with Crippen molar-refractivity contribution in [2.24, 2.45) is 4.99 Å². The molecule has 0 saturated heterocycles. The lowest BCUT2D eigenvalue weighted by atomic mass is 10.1. The van der Waals surface area contributed by atoms with Gasteiger partial charge in [-0.2, -0.15) is 0 Å². The van der Waals surface area contributed by atoms with Crippen LogP contribution in [0.5, 0.6) is 0 Å². The van der Waals surface area contributed by atoms with E-state index in [1.807, 2.05) is 13.0 Å². The first-order valence-electron chi connectivity index (χ1n) is 7.44. The second kappa shape index (κ2) is 12.6. The Labute approximate surface area is 149 Å². The van der Waals surface area contributed by atoms with E-state index in [0.717, 1.165) is 44.1 Å². The average molecular weight is 423 g/mol. The molecule has 126 valence electrons. The van der Waals surface area contributed by atoms with Crippen LogP contribution in [0.3, 0.4) is 0 Å². The van der Waals surface area contributed by atoms with E-state index in [0.29, 0.717) is 12.1 Å². The van der Waals surface area contributed by atoms with Crippen LogP contribution in [0.25, 0.3) is 0 Å². The number of guanidine groups is 1. The Morgan fingerprint density at radius 3 is 2.68 bits per heavy atom. The lowest BCUT2D eigenvalue weighted by Crippen LogP contribution is -2.37. The van der Waals surface area contributed by atoms with Crippen LogP contribution in [0, 0.1) is 12.7 Å². The second-order valence-corrected chi connectivity index (χ2v) is 4.84. The monoisotopic (exact) mass is 423 g/mol. The maximum absolute atomic E-state index is 13.5. The van der Waals surface area contributed by atoms with E-state index in [2.05, 4.69) is 15.6 Å². The van der Waals surface area contributed by atoms with Crippen LogP contribution in [0.15, 0.2) is 23.2 Å². The first-order valence-corrected chi connectivity index (χ1v) is 7.44. The normalized spacial score (nSPS) is 11.0. The first kappa shape index (κ1) is 21.1. The van der Waals surface area contributed by atoms with Gasteiger partial charge in [-0.3, -0.25) is 4.99 Å². The zero-order valence-electron chi connectivity index (χ0n) is 13.6. The van der Waals surface area contributed by atoms with Gasteiger partial charge in [0.25, 0.3) is 0 Å². The molecule has 4 nitrogen and oxygen atoms in total. The number of hydrogen-bond acceptors (Lipinski definition) is 2. The van der Waals surface area contributed by atoms with E-state index in [1.165, 1.54) is 0 Å². The minimum absolute atomic E-state index is 0. The van der Waals surface area contributed by atoms with Crippen molar-refractivity contribution in [3.8, 4) is 0 Å². The molecule has 1 aromatic rings. The largest absolute Gasteiger partial charge is 0.382 e. The van der Waals surface area contributed by atoms with Crippen molar-refractivity contribution in [1.82, 2.24) is 10.6 Å². The van der Waals surface area contributed by atoms with E-state index in [9.17, 15) is 4.39 Å². The molecular weight excluding hydrogens is 396 g/mol. The van der Waals surface area contributed by atoms with Crippen LogP contribution in [0.2, 0.25) is 0 Å². The van der Waals surface area contributed by atoms with Gasteiger partial charge in [-0.15, -0.1) is 24.0 Å². The summed E-state index contributed by atoms with van der Waals surface area (Å²) in [5.74, 6) is 0.556. The molecule has 0 atom stereocenters. The van der Waals surface area contributed by atoms with E-state index in [4.69, 9.17) is 4.74 Å². The summed E-state index contributed by atoms with van der Waals surface area (Å²) in [6.07, 6.45) is 2.06. The lowest BCUT2D eigenvalue weighted by molar-refractivity contribution is 0.143. The van der Waals surface area contributed by atoms with E-state index < -0.39 is 0 Å². The number of rotatable bonds is 8. The van der Waals surface area contributed by atoms with Crippen molar-refractivity contribution in [3.63, 3.8) is 0 Å². The zero-order valence-corrected chi connectivity index (χ0v) is 15.9. The highest BCUT2D eigenvalue weighted by molar-refractivity contribution is 14.0. The highest BCUT2D eigenvalue weighted by atomic mass is 127. The molecule has 0 saturated carbocycles. The minimum atomic E-state index is -0.173. The fourth-order valence-corrected chi connectivity index (χ4v) is 1.83. The van der Waals surface area contributed by atoms with Gasteiger partial charge < -0.3 is 15.4 Å². The van der Waals surface area contributed by atoms with E-state index in [-0.39, 0.29) is 29.8 Å². The molecular formula is C16H27FIN3O. The molecule has 2 N–H and O–H groups in total. The zero-order chi connectivity index (χ0) is 15.5. The van der Waals surface area contributed by atoms with Gasteiger partial charge in [0.1, 0.15) is 5.82 Å². The standard InChI is InChI=1S/C16H26FN3O.HI/c1-4-21-10-6-5-9-19-16(18-3)20-12-14-8-7-13(2)15(17)11-14;/h7-8,11H,4-6,9-10,12H2,1-3H3,(H2,18,19,20);1H. The van der Waals surface area contributed by atoms with Crippen molar-refractivity contribution in [2.75, 3.05) is 26.8 Å². The molecule has 0 fully saturated rings. The Morgan fingerprint density at radius 1 is 1.27 bits per heavy atom. The van der Waals surface area contributed by atoms with E-state index in [1.54, 1.807) is 26.1 Å². The summed E-state index contributed by atoms with van der Waals surface area (Å²) >= 11 is 0. The number of unbranched alkanes of at least 4 members (excludes halogenated alkanes) is 1. The molecule has 0 bridgehead atoms. The number of nitrogens with zero attached hydrogens (tertiary/aromatic N) is 1. The van der Waals surface area contributed by atoms with Gasteiger partial charge in [0.05, 0.1) is 0 Å². The molecule has 0 unspecified atom stereocenters. The second-order valence-electron chi connectivity index (χ2n) is 4.84. The SMILES string of the molecule is CCOCCCCNC(=NC)NCc1ccc(C)c(F)c1.I. The molecule has 22 heavy (non-hydrogen) atoms. The molecule has 0 aromatic heterocycles. The van der Waals surface area contributed by atoms with Crippen LogP contribution in [0.4, 0.5) is 4.39 Å². The number of benzene rings is 1. The van der Waals surface area contributed by atoms with Gasteiger partial charge >= 0.3 is 0 Å². The number of hydrogen-bond donors (Lipinski definition) is 2. The number of ether oxygens (including phenoxy) is 1. The highest BCUT2D eigenvalue weighted by Gasteiger charge is 2.01. The number of halogens is 2. The van der Waals surface area contributed by atoms with Crippen molar-refractivity contribution < 1.29 is 9.13 Å². The third kappa shape index (κ3) is 8.53. The lowest BCUT2D eigenvalue weighted by Gasteiger charge is -2.12. The molecule has 0 aliphatic rings. The molecule has 0 amide bonds. The first-order chi connectivity index (χ1) is 10.2. The van der Waals surface area contributed by atoms with Gasteiger partial charge in [-0.25, -0.2) is 4.39 Å². The molecule has 0 heterocycles. The number of aryl methyl sites for hydroxylation is 1. The molecule has 6 heteroatoms. The van der Waals surface area contributed by atoms with Gasteiger partial charge in [0.15, 0.2) is 5.96 Å². The third-order valence-electron chi connectivity index (χ3n) is 3.13. The van der Waals surface area contributed by atoms with Crippen LogP contribution in [-0.2, 0) is 11.3 Å². The fraction of sp³-hybridized carbons (Fsp3) is 0.562. The minimum Gasteiger partial charge on any atom is -0.382 e. The Bertz CT molecular complexity index is 455. The maximum atomic E-state index is 13.5. The Kier molecular flexibility index (Phi) is 12.1. The molecule has 1 aromatic carbocycles. The Balaban J connectivity index is 0.00000441. The van der Waals surface area contributed by atoms with Crippen LogP contribution in [0.1, 0.15) is 30.9 Å². The molecule has 0 aliphatic heterocycles. The summed E-state index contributed by atoms with van der Waals surface area (Å²) in [6.45, 7) is 6.72. The predicted octanol–water partition coefficient (Wildman–Crippen LogP) is 3.23. The van der Waals surface area contributed by atoms with E-state index >= 15 is 0 Å². The number of nitrogens with one attached hydrogen (secondary N) is 2. The molecule has 1 rings (SSSR count). The predicted molar refractivity (Wildman–Crippen MR) is 100 cm³/mol. The van der Waals surface area contributed by atoms with Crippen LogP contribution >= 0.6 is 24.0 Å². The Hall–Kier alpha value is -0.890. The smallest absolute Gasteiger partial charge is 0.191 e. The van der Waals surface area contributed by atoms with Crippen molar-refractivity contribution in [3.05, 3.63) is 35.1 Å². The Morgan fingerprint density at radius 2 is 2.05 bits per heavy atom. The number of aliphatic imine (C=N–C) groups is 1. The fourth-order valence-electron chi connectivity index (χ4n) is 1.83. The van der Waals surface area contributed by atoms with Crippen molar-refractivity contribution in [2.45, 2.75) is 33.2 Å². The van der Waals surface area contributed by atoms with Gasteiger partial charge in [-0.1, -0.05) is 12.1 Å². The maximum Gasteiger partial charge on any atom is 0.191 e. The summed E-state index contributed by atoms with van der Waals surface area (Å²) in [6, 6.07) is 5.26. The summed E-state index contributed by atoms with van der Waals surface area (Å²) in [4.78, 5) is 4.15. The topological polar surface area (TPSA) is 45.6 Å². The molecule has 0 aliphatic carbocycles. The van der Waals surface area contributed by atoms with Gasteiger partial charge in [0.2, 0.25) is 0 Å². The third-order valence-corrected chi connectivity index (χ3v) is 3.13. The van der Waals surface area contributed by atoms with Crippen LogP contribution in [-0.4, -0.2) is 32.8 Å². The summed E-state index contributed by atoms with van der Waals surface area (Å²) in [5.41, 5.74) is 1.56. The summed E-state index contributed by atoms with van der Waals surface area (Å²) in [5, 5.41) is 6.41. The summed E-state index contributed by atoms with van der Waals surface area (Å²) < 4.78 is 18.7. The van der Waals surface area contributed by atoms with Crippen molar-refractivity contribution in [1.29, 1.82) is 0 Å². The van der Waals surface area contributed by atoms with Crippen molar-refractivity contribution >= 4 is 29.9 Å². The average Bonchev–Trinajstić information content (AvgIpc) is 2.49. The highest BCUT2D eigenvalue weighted by Crippen LogP contribution is 2.08. The van der Waals surface area contributed by atoms with Gasteiger partial charge in [0, 0.05) is 33.4 Å².